The molecule has 1 aliphatic heterocycles. The van der Waals surface area contributed by atoms with Crippen LogP contribution in [-0.2, 0) is 11.0 Å². The van der Waals surface area contributed by atoms with E-state index < -0.39 is 29.2 Å². The Morgan fingerprint density at radius 2 is 2.05 bits per heavy atom. The van der Waals surface area contributed by atoms with Crippen LogP contribution in [0.1, 0.15) is 12.0 Å². The molecule has 0 aromatic heterocycles. The first-order chi connectivity index (χ1) is 8.84. The van der Waals surface area contributed by atoms with E-state index in [0.29, 0.717) is 5.75 Å². The number of hydrogen-bond donors (Lipinski definition) is 1. The van der Waals surface area contributed by atoms with Gasteiger partial charge in [-0.3, -0.25) is 4.79 Å². The second-order valence-corrected chi connectivity index (χ2v) is 4.75. The van der Waals surface area contributed by atoms with Crippen LogP contribution in [0, 0.1) is 11.7 Å². The highest BCUT2D eigenvalue weighted by Gasteiger charge is 2.41. The molecule has 104 valence electrons. The number of carbonyl (C=O) groups is 1. The maximum absolute atomic E-state index is 13.4. The van der Waals surface area contributed by atoms with Crippen molar-refractivity contribution in [2.24, 2.45) is 5.92 Å². The first-order valence-electron chi connectivity index (χ1n) is 5.61. The van der Waals surface area contributed by atoms with Crippen molar-refractivity contribution in [3.8, 4) is 0 Å². The standard InChI is InChI=1S/C12H11F4NOS/c13-8-2-1-3-9(11(8)12(14,15)16)17-5-7(6-19)4-10(17)18/h1-3,7,19H,4-6H2. The van der Waals surface area contributed by atoms with Gasteiger partial charge in [-0.05, 0) is 23.8 Å². The normalized spacial score (nSPS) is 20.2. The molecule has 0 saturated carbocycles. The van der Waals surface area contributed by atoms with Gasteiger partial charge >= 0.3 is 6.18 Å². The van der Waals surface area contributed by atoms with E-state index in [-0.39, 0.29) is 18.9 Å². The Morgan fingerprint density at radius 3 is 2.58 bits per heavy atom. The Labute approximate surface area is 112 Å². The highest BCUT2D eigenvalue weighted by Crippen LogP contribution is 2.40. The zero-order valence-corrected chi connectivity index (χ0v) is 10.6. The van der Waals surface area contributed by atoms with Gasteiger partial charge in [-0.1, -0.05) is 6.07 Å². The fourth-order valence-electron chi connectivity index (χ4n) is 2.15. The zero-order valence-electron chi connectivity index (χ0n) is 9.75. The van der Waals surface area contributed by atoms with Gasteiger partial charge in [-0.15, -0.1) is 0 Å². The van der Waals surface area contributed by atoms with Gasteiger partial charge in [0.1, 0.15) is 11.4 Å². The number of rotatable bonds is 2. The molecule has 1 aromatic carbocycles. The van der Waals surface area contributed by atoms with Crippen molar-refractivity contribution in [3.63, 3.8) is 0 Å². The molecule has 0 aliphatic carbocycles. The first-order valence-corrected chi connectivity index (χ1v) is 6.24. The number of anilines is 1. The van der Waals surface area contributed by atoms with Crippen LogP contribution in [0.4, 0.5) is 23.2 Å². The van der Waals surface area contributed by atoms with Gasteiger partial charge in [0.15, 0.2) is 0 Å². The number of thiol groups is 1. The van der Waals surface area contributed by atoms with E-state index in [1.54, 1.807) is 0 Å². The summed E-state index contributed by atoms with van der Waals surface area (Å²) in [7, 11) is 0. The molecule has 1 atom stereocenters. The minimum atomic E-state index is -4.83. The minimum absolute atomic E-state index is 0.111. The van der Waals surface area contributed by atoms with Gasteiger partial charge in [-0.2, -0.15) is 25.8 Å². The van der Waals surface area contributed by atoms with E-state index >= 15 is 0 Å². The van der Waals surface area contributed by atoms with Crippen molar-refractivity contribution in [2.75, 3.05) is 17.2 Å². The van der Waals surface area contributed by atoms with Crippen LogP contribution >= 0.6 is 12.6 Å². The molecule has 7 heteroatoms. The Balaban J connectivity index is 2.46. The summed E-state index contributed by atoms with van der Waals surface area (Å²) in [5, 5.41) is 0. The molecule has 0 spiro atoms. The summed E-state index contributed by atoms with van der Waals surface area (Å²) in [4.78, 5) is 12.7. The third-order valence-corrected chi connectivity index (χ3v) is 3.55. The zero-order chi connectivity index (χ0) is 14.2. The van der Waals surface area contributed by atoms with Gasteiger partial charge in [-0.25, -0.2) is 4.39 Å². The predicted octanol–water partition coefficient (Wildman–Crippen LogP) is 3.13. The van der Waals surface area contributed by atoms with Crippen molar-refractivity contribution in [2.45, 2.75) is 12.6 Å². The lowest BCUT2D eigenvalue weighted by molar-refractivity contribution is -0.139. The van der Waals surface area contributed by atoms with Crippen molar-refractivity contribution < 1.29 is 22.4 Å². The van der Waals surface area contributed by atoms with Gasteiger partial charge in [0.25, 0.3) is 0 Å². The molecule has 1 aromatic rings. The van der Waals surface area contributed by atoms with E-state index in [4.69, 9.17) is 0 Å². The number of carbonyl (C=O) groups excluding carboxylic acids is 1. The lowest BCUT2D eigenvalue weighted by Gasteiger charge is -2.21. The fraction of sp³-hybridized carbons (Fsp3) is 0.417. The van der Waals surface area contributed by atoms with Crippen LogP contribution in [0.25, 0.3) is 0 Å². The predicted molar refractivity (Wildman–Crippen MR) is 65.7 cm³/mol. The van der Waals surface area contributed by atoms with Crippen molar-refractivity contribution >= 4 is 24.2 Å². The molecule has 1 heterocycles. The van der Waals surface area contributed by atoms with Gasteiger partial charge in [0, 0.05) is 13.0 Å². The molecule has 1 aliphatic rings. The summed E-state index contributed by atoms with van der Waals surface area (Å²) in [6.45, 7) is 0.134. The molecule has 1 fully saturated rings. The average molecular weight is 293 g/mol. The molecule has 19 heavy (non-hydrogen) atoms. The number of benzene rings is 1. The van der Waals surface area contributed by atoms with Gasteiger partial charge in [0.2, 0.25) is 5.91 Å². The highest BCUT2D eigenvalue weighted by molar-refractivity contribution is 7.80. The van der Waals surface area contributed by atoms with E-state index in [1.807, 2.05) is 0 Å². The summed E-state index contributed by atoms with van der Waals surface area (Å²) < 4.78 is 52.1. The molecule has 0 bridgehead atoms. The SMILES string of the molecule is O=C1CC(CS)CN1c1cccc(F)c1C(F)(F)F. The summed E-state index contributed by atoms with van der Waals surface area (Å²) in [5.74, 6) is -1.51. The summed E-state index contributed by atoms with van der Waals surface area (Å²) in [6.07, 6.45) is -4.70. The van der Waals surface area contributed by atoms with Crippen LogP contribution in [0.5, 0.6) is 0 Å². The Bertz CT molecular complexity index is 503. The molecular weight excluding hydrogens is 282 g/mol. The quantitative estimate of drug-likeness (QED) is 0.656. The number of halogens is 4. The van der Waals surface area contributed by atoms with Crippen LogP contribution in [0.2, 0.25) is 0 Å². The van der Waals surface area contributed by atoms with E-state index in [2.05, 4.69) is 12.6 Å². The van der Waals surface area contributed by atoms with Crippen molar-refractivity contribution in [3.05, 3.63) is 29.6 Å². The van der Waals surface area contributed by atoms with Crippen LogP contribution in [0.3, 0.4) is 0 Å². The summed E-state index contributed by atoms with van der Waals surface area (Å²) >= 11 is 4.04. The third-order valence-electron chi connectivity index (χ3n) is 3.03. The molecule has 0 radical (unpaired) electrons. The number of nitrogens with zero attached hydrogens (tertiary/aromatic N) is 1. The lowest BCUT2D eigenvalue weighted by atomic mass is 10.1. The van der Waals surface area contributed by atoms with E-state index in [0.717, 1.165) is 17.0 Å². The molecule has 1 amide bonds. The lowest BCUT2D eigenvalue weighted by Crippen LogP contribution is -2.28. The maximum Gasteiger partial charge on any atom is 0.421 e. The van der Waals surface area contributed by atoms with Crippen LogP contribution in [-0.4, -0.2) is 18.2 Å². The van der Waals surface area contributed by atoms with Crippen LogP contribution in [0.15, 0.2) is 18.2 Å². The maximum atomic E-state index is 13.4. The Hall–Kier alpha value is -1.24. The monoisotopic (exact) mass is 293 g/mol. The molecular formula is C12H11F4NOS. The highest BCUT2D eigenvalue weighted by atomic mass is 32.1. The van der Waals surface area contributed by atoms with E-state index in [9.17, 15) is 22.4 Å². The topological polar surface area (TPSA) is 20.3 Å². The average Bonchev–Trinajstić information content (AvgIpc) is 2.68. The van der Waals surface area contributed by atoms with Crippen molar-refractivity contribution in [1.82, 2.24) is 0 Å². The number of amides is 1. The molecule has 1 unspecified atom stereocenters. The second kappa shape index (κ2) is 5.03. The Kier molecular flexibility index (Phi) is 3.75. The van der Waals surface area contributed by atoms with Crippen molar-refractivity contribution in [1.29, 1.82) is 0 Å². The molecule has 0 N–H and O–H groups in total. The van der Waals surface area contributed by atoms with Gasteiger partial charge in [0.05, 0.1) is 5.69 Å². The summed E-state index contributed by atoms with van der Waals surface area (Å²) in [5.41, 5.74) is -1.80. The van der Waals surface area contributed by atoms with Gasteiger partial charge < -0.3 is 4.90 Å². The number of alkyl halides is 3. The molecule has 2 rings (SSSR count). The number of hydrogen-bond acceptors (Lipinski definition) is 2. The largest absolute Gasteiger partial charge is 0.421 e. The first kappa shape index (κ1) is 14.2. The second-order valence-electron chi connectivity index (χ2n) is 4.39. The molecule has 2 nitrogen and oxygen atoms in total. The smallest absolute Gasteiger partial charge is 0.311 e. The minimum Gasteiger partial charge on any atom is -0.311 e. The van der Waals surface area contributed by atoms with E-state index in [1.165, 1.54) is 6.07 Å². The molecule has 1 saturated heterocycles. The summed E-state index contributed by atoms with van der Waals surface area (Å²) in [6, 6.07) is 3.02. The Morgan fingerprint density at radius 1 is 1.37 bits per heavy atom. The van der Waals surface area contributed by atoms with Crippen LogP contribution < -0.4 is 4.90 Å². The fourth-order valence-corrected chi connectivity index (χ4v) is 2.40. The third kappa shape index (κ3) is 2.70.